The van der Waals surface area contributed by atoms with E-state index in [0.717, 1.165) is 19.4 Å². The molecule has 1 fully saturated rings. The lowest BCUT2D eigenvalue weighted by Crippen LogP contribution is -2.52. The molecule has 1 unspecified atom stereocenters. The molecule has 1 aliphatic rings. The number of nitrogens with two attached hydrogens (primary N) is 1. The Morgan fingerprint density at radius 1 is 1.33 bits per heavy atom. The van der Waals surface area contributed by atoms with Crippen molar-refractivity contribution < 1.29 is 14.3 Å². The number of carbonyl (C=O) groups excluding carboxylic acids is 2. The first-order valence-corrected chi connectivity index (χ1v) is 7.13. The van der Waals surface area contributed by atoms with Crippen LogP contribution in [0.2, 0.25) is 0 Å². The van der Waals surface area contributed by atoms with E-state index < -0.39 is 5.91 Å². The Morgan fingerprint density at radius 2 is 2.10 bits per heavy atom. The van der Waals surface area contributed by atoms with Crippen molar-refractivity contribution in [3.05, 3.63) is 30.3 Å². The van der Waals surface area contributed by atoms with Crippen molar-refractivity contribution in [2.75, 3.05) is 26.2 Å². The molecule has 1 aromatic rings. The maximum atomic E-state index is 12.3. The van der Waals surface area contributed by atoms with Gasteiger partial charge in [-0.25, -0.2) is 0 Å². The lowest BCUT2D eigenvalue weighted by atomic mass is 10.1. The third-order valence-electron chi connectivity index (χ3n) is 3.46. The van der Waals surface area contributed by atoms with Crippen LogP contribution in [0.4, 0.5) is 0 Å². The molecule has 6 nitrogen and oxygen atoms in total. The van der Waals surface area contributed by atoms with Crippen molar-refractivity contribution in [1.29, 1.82) is 0 Å². The van der Waals surface area contributed by atoms with Gasteiger partial charge < -0.3 is 20.7 Å². The van der Waals surface area contributed by atoms with Crippen LogP contribution in [0, 0.1) is 0 Å². The number of rotatable bonds is 6. The summed E-state index contributed by atoms with van der Waals surface area (Å²) in [4.78, 5) is 25.0. The minimum Gasteiger partial charge on any atom is -0.484 e. The predicted molar refractivity (Wildman–Crippen MR) is 78.7 cm³/mol. The van der Waals surface area contributed by atoms with Gasteiger partial charge in [-0.2, -0.15) is 0 Å². The molecule has 1 aromatic carbocycles. The lowest BCUT2D eigenvalue weighted by molar-refractivity contribution is -0.139. The Kier molecular flexibility index (Phi) is 5.57. The van der Waals surface area contributed by atoms with Crippen molar-refractivity contribution >= 4 is 11.8 Å². The molecule has 0 aromatic heterocycles. The molecule has 1 aliphatic heterocycles. The molecule has 1 atom stereocenters. The number of ether oxygens (including phenoxy) is 1. The number of amides is 2. The standard InChI is InChI=1S/C15H21N3O3/c16-14(19)10-18(12-5-4-8-17-9-12)15(20)11-21-13-6-2-1-3-7-13/h1-3,6-7,12,17H,4-5,8-11H2,(H2,16,19). The second-order valence-electron chi connectivity index (χ2n) is 5.09. The van der Waals surface area contributed by atoms with Crippen molar-refractivity contribution in [2.45, 2.75) is 18.9 Å². The minimum absolute atomic E-state index is 0.00174. The first kappa shape index (κ1) is 15.3. The summed E-state index contributed by atoms with van der Waals surface area (Å²) >= 11 is 0. The fraction of sp³-hybridized carbons (Fsp3) is 0.467. The molecule has 0 bridgehead atoms. The second kappa shape index (κ2) is 7.64. The van der Waals surface area contributed by atoms with Crippen molar-refractivity contribution in [3.8, 4) is 5.75 Å². The molecule has 6 heteroatoms. The third kappa shape index (κ3) is 4.75. The van der Waals surface area contributed by atoms with Gasteiger partial charge in [0.2, 0.25) is 5.91 Å². The molecule has 2 amide bonds. The normalized spacial score (nSPS) is 18.0. The molecule has 0 radical (unpaired) electrons. The summed E-state index contributed by atoms with van der Waals surface area (Å²) in [5.41, 5.74) is 5.25. The van der Waals surface area contributed by atoms with Crippen LogP contribution in [0.5, 0.6) is 5.75 Å². The Balaban J connectivity index is 1.94. The van der Waals surface area contributed by atoms with Gasteiger partial charge in [0, 0.05) is 12.6 Å². The van der Waals surface area contributed by atoms with Crippen LogP contribution in [0.15, 0.2) is 30.3 Å². The summed E-state index contributed by atoms with van der Waals surface area (Å²) in [6.07, 6.45) is 1.85. The zero-order valence-electron chi connectivity index (χ0n) is 12.0. The number of para-hydroxylation sites is 1. The van der Waals surface area contributed by atoms with Crippen molar-refractivity contribution in [1.82, 2.24) is 10.2 Å². The van der Waals surface area contributed by atoms with Crippen LogP contribution in [0.25, 0.3) is 0 Å². The summed E-state index contributed by atoms with van der Waals surface area (Å²) in [5.74, 6) is -0.0911. The topological polar surface area (TPSA) is 84.7 Å². The molecule has 2 rings (SSSR count). The highest BCUT2D eigenvalue weighted by Crippen LogP contribution is 2.12. The molecule has 114 valence electrons. The molecular formula is C15H21N3O3. The van der Waals surface area contributed by atoms with Crippen LogP contribution in [-0.2, 0) is 9.59 Å². The van der Waals surface area contributed by atoms with Crippen LogP contribution in [0.1, 0.15) is 12.8 Å². The van der Waals surface area contributed by atoms with E-state index >= 15 is 0 Å². The van der Waals surface area contributed by atoms with Crippen LogP contribution in [0.3, 0.4) is 0 Å². The number of nitrogens with one attached hydrogen (secondary N) is 1. The second-order valence-corrected chi connectivity index (χ2v) is 5.09. The maximum Gasteiger partial charge on any atom is 0.261 e. The van der Waals surface area contributed by atoms with Gasteiger partial charge in [0.05, 0.1) is 6.54 Å². The number of carbonyl (C=O) groups is 2. The fourth-order valence-electron chi connectivity index (χ4n) is 2.43. The molecule has 0 spiro atoms. The number of hydrogen-bond donors (Lipinski definition) is 2. The largest absolute Gasteiger partial charge is 0.484 e. The average molecular weight is 291 g/mol. The number of hydrogen-bond acceptors (Lipinski definition) is 4. The maximum absolute atomic E-state index is 12.3. The lowest BCUT2D eigenvalue weighted by Gasteiger charge is -2.33. The number of primary amides is 1. The van der Waals surface area contributed by atoms with Gasteiger partial charge in [-0.3, -0.25) is 9.59 Å². The number of piperidine rings is 1. The van der Waals surface area contributed by atoms with E-state index in [1.807, 2.05) is 18.2 Å². The first-order chi connectivity index (χ1) is 10.2. The molecule has 0 aliphatic carbocycles. The van der Waals surface area contributed by atoms with Gasteiger partial charge in [0.25, 0.3) is 5.91 Å². The SMILES string of the molecule is NC(=O)CN(C(=O)COc1ccccc1)C1CCCNC1. The van der Waals surface area contributed by atoms with E-state index in [2.05, 4.69) is 5.32 Å². The average Bonchev–Trinajstić information content (AvgIpc) is 2.52. The highest BCUT2D eigenvalue weighted by atomic mass is 16.5. The van der Waals surface area contributed by atoms with Crippen LogP contribution >= 0.6 is 0 Å². The zero-order chi connectivity index (χ0) is 15.1. The Hall–Kier alpha value is -2.08. The van der Waals surface area contributed by atoms with Gasteiger partial charge in [-0.1, -0.05) is 18.2 Å². The highest BCUT2D eigenvalue weighted by Gasteiger charge is 2.26. The van der Waals surface area contributed by atoms with E-state index in [1.165, 1.54) is 4.90 Å². The van der Waals surface area contributed by atoms with Gasteiger partial charge in [0.15, 0.2) is 6.61 Å². The Labute approximate surface area is 124 Å². The predicted octanol–water partition coefficient (Wildman–Crippen LogP) is 0.131. The summed E-state index contributed by atoms with van der Waals surface area (Å²) in [7, 11) is 0. The molecule has 0 saturated carbocycles. The molecule has 1 heterocycles. The van der Waals surface area contributed by atoms with E-state index in [1.54, 1.807) is 12.1 Å². The zero-order valence-corrected chi connectivity index (χ0v) is 12.0. The molecule has 1 saturated heterocycles. The van der Waals surface area contributed by atoms with E-state index in [4.69, 9.17) is 10.5 Å². The van der Waals surface area contributed by atoms with E-state index in [-0.39, 0.29) is 25.1 Å². The molecule has 3 N–H and O–H groups in total. The highest BCUT2D eigenvalue weighted by molar-refractivity contribution is 5.84. The smallest absolute Gasteiger partial charge is 0.261 e. The van der Waals surface area contributed by atoms with Crippen molar-refractivity contribution in [3.63, 3.8) is 0 Å². The number of nitrogens with zero attached hydrogens (tertiary/aromatic N) is 1. The Morgan fingerprint density at radius 3 is 2.71 bits per heavy atom. The van der Waals surface area contributed by atoms with Gasteiger partial charge in [-0.15, -0.1) is 0 Å². The Bertz CT molecular complexity index is 472. The van der Waals surface area contributed by atoms with E-state index in [9.17, 15) is 9.59 Å². The molecular weight excluding hydrogens is 270 g/mol. The van der Waals surface area contributed by atoms with Gasteiger partial charge in [0.1, 0.15) is 5.75 Å². The first-order valence-electron chi connectivity index (χ1n) is 7.13. The van der Waals surface area contributed by atoms with Gasteiger partial charge in [-0.05, 0) is 31.5 Å². The summed E-state index contributed by atoms with van der Waals surface area (Å²) in [6.45, 7) is 1.47. The number of benzene rings is 1. The van der Waals surface area contributed by atoms with Crippen molar-refractivity contribution in [2.24, 2.45) is 5.73 Å². The monoisotopic (exact) mass is 291 g/mol. The summed E-state index contributed by atoms with van der Waals surface area (Å²) in [6, 6.07) is 9.12. The quantitative estimate of drug-likeness (QED) is 0.780. The fourth-order valence-corrected chi connectivity index (χ4v) is 2.43. The van der Waals surface area contributed by atoms with E-state index in [0.29, 0.717) is 12.3 Å². The molecule has 21 heavy (non-hydrogen) atoms. The summed E-state index contributed by atoms with van der Waals surface area (Å²) in [5, 5.41) is 3.23. The summed E-state index contributed by atoms with van der Waals surface area (Å²) < 4.78 is 5.46. The third-order valence-corrected chi connectivity index (χ3v) is 3.46. The van der Waals surface area contributed by atoms with Gasteiger partial charge >= 0.3 is 0 Å². The van der Waals surface area contributed by atoms with Crippen LogP contribution < -0.4 is 15.8 Å². The minimum atomic E-state index is -0.506. The van der Waals surface area contributed by atoms with Crippen LogP contribution in [-0.4, -0.2) is 49.0 Å².